The summed E-state index contributed by atoms with van der Waals surface area (Å²) in [5.74, 6) is -0.125. The molecule has 0 aromatic carbocycles. The Hall–Kier alpha value is -1.51. The maximum absolute atomic E-state index is 12.3. The van der Waals surface area contributed by atoms with E-state index in [1.54, 1.807) is 0 Å². The SMILES string of the molecule is CC(C)(C)N1CCc2ccc(OS(=O)(=O)C(F)(F)F)nc21. The third-order valence-corrected chi connectivity index (χ3v) is 4.04. The summed E-state index contributed by atoms with van der Waals surface area (Å²) >= 11 is 0. The van der Waals surface area contributed by atoms with Crippen molar-refractivity contribution in [3.63, 3.8) is 0 Å². The molecular formula is C12H15F3N2O3S. The minimum absolute atomic E-state index is 0.278. The highest BCUT2D eigenvalue weighted by Crippen LogP contribution is 2.34. The molecule has 9 heteroatoms. The number of hydrogen-bond acceptors (Lipinski definition) is 5. The topological polar surface area (TPSA) is 59.5 Å². The van der Waals surface area contributed by atoms with Gasteiger partial charge in [0.1, 0.15) is 5.82 Å². The third kappa shape index (κ3) is 3.07. The molecule has 118 valence electrons. The van der Waals surface area contributed by atoms with Gasteiger partial charge in [0.05, 0.1) is 0 Å². The minimum Gasteiger partial charge on any atom is -0.355 e. The molecule has 0 saturated heterocycles. The Kier molecular flexibility index (Phi) is 3.59. The van der Waals surface area contributed by atoms with Crippen LogP contribution in [-0.2, 0) is 16.5 Å². The first kappa shape index (κ1) is 15.9. The molecule has 1 aliphatic rings. The molecule has 2 heterocycles. The lowest BCUT2D eigenvalue weighted by atomic mass is 10.1. The molecule has 0 aliphatic carbocycles. The van der Waals surface area contributed by atoms with Crippen LogP contribution in [0.4, 0.5) is 19.0 Å². The van der Waals surface area contributed by atoms with E-state index >= 15 is 0 Å². The van der Waals surface area contributed by atoms with Crippen LogP contribution in [0.15, 0.2) is 12.1 Å². The van der Waals surface area contributed by atoms with Gasteiger partial charge in [-0.2, -0.15) is 26.6 Å². The lowest BCUT2D eigenvalue weighted by molar-refractivity contribution is -0.0501. The van der Waals surface area contributed by atoms with E-state index in [1.807, 2.05) is 25.7 Å². The zero-order valence-electron chi connectivity index (χ0n) is 11.7. The molecule has 5 nitrogen and oxygen atoms in total. The number of anilines is 1. The fourth-order valence-corrected chi connectivity index (χ4v) is 2.50. The van der Waals surface area contributed by atoms with E-state index in [9.17, 15) is 21.6 Å². The lowest BCUT2D eigenvalue weighted by Crippen LogP contribution is -2.40. The van der Waals surface area contributed by atoms with Crippen molar-refractivity contribution in [1.29, 1.82) is 0 Å². The van der Waals surface area contributed by atoms with E-state index < -0.39 is 21.5 Å². The Morgan fingerprint density at radius 2 is 1.86 bits per heavy atom. The predicted octanol–water partition coefficient (Wildman–Crippen LogP) is 2.47. The van der Waals surface area contributed by atoms with Crippen molar-refractivity contribution in [1.82, 2.24) is 4.98 Å². The van der Waals surface area contributed by atoms with Gasteiger partial charge in [0.25, 0.3) is 0 Å². The normalized spacial score (nSPS) is 16.0. The Balaban J connectivity index is 2.35. The van der Waals surface area contributed by atoms with E-state index in [1.165, 1.54) is 6.07 Å². The van der Waals surface area contributed by atoms with E-state index in [-0.39, 0.29) is 5.54 Å². The highest BCUT2D eigenvalue weighted by Gasteiger charge is 2.49. The molecule has 0 N–H and O–H groups in total. The van der Waals surface area contributed by atoms with Crippen LogP contribution in [0.5, 0.6) is 5.88 Å². The van der Waals surface area contributed by atoms with Crippen LogP contribution in [-0.4, -0.2) is 31.0 Å². The fraction of sp³-hybridized carbons (Fsp3) is 0.583. The van der Waals surface area contributed by atoms with Gasteiger partial charge in [-0.05, 0) is 38.8 Å². The highest BCUT2D eigenvalue weighted by atomic mass is 32.2. The molecule has 2 rings (SSSR count). The number of rotatable bonds is 2. The number of nitrogens with zero attached hydrogens (tertiary/aromatic N) is 2. The average Bonchev–Trinajstić information content (AvgIpc) is 2.69. The molecule has 1 aromatic heterocycles. The van der Waals surface area contributed by atoms with Crippen LogP contribution in [0.25, 0.3) is 0 Å². The Morgan fingerprint density at radius 1 is 1.24 bits per heavy atom. The summed E-state index contributed by atoms with van der Waals surface area (Å²) < 4.78 is 63.0. The molecule has 0 bridgehead atoms. The van der Waals surface area contributed by atoms with Crippen LogP contribution in [0, 0.1) is 0 Å². The van der Waals surface area contributed by atoms with Crippen LogP contribution in [0.1, 0.15) is 26.3 Å². The zero-order valence-corrected chi connectivity index (χ0v) is 12.5. The van der Waals surface area contributed by atoms with Crippen molar-refractivity contribution in [3.8, 4) is 5.88 Å². The standard InChI is InChI=1S/C12H15F3N2O3S/c1-11(2,3)17-7-6-8-4-5-9(16-10(8)17)20-21(18,19)12(13,14)15/h4-5H,6-7H2,1-3H3. The fourth-order valence-electron chi connectivity index (χ4n) is 2.09. The van der Waals surface area contributed by atoms with Gasteiger partial charge in [-0.3, -0.25) is 0 Å². The second-order valence-electron chi connectivity index (χ2n) is 5.69. The van der Waals surface area contributed by atoms with Gasteiger partial charge in [0.15, 0.2) is 0 Å². The van der Waals surface area contributed by atoms with Crippen LogP contribution in [0.2, 0.25) is 0 Å². The summed E-state index contributed by atoms with van der Waals surface area (Å²) in [7, 11) is -5.70. The molecule has 0 radical (unpaired) electrons. The molecule has 0 amide bonds. The first-order valence-corrected chi connectivity index (χ1v) is 7.61. The molecule has 0 fully saturated rings. The Bertz CT molecular complexity index is 651. The van der Waals surface area contributed by atoms with E-state index in [0.29, 0.717) is 18.8 Å². The number of pyridine rings is 1. The number of halogens is 3. The van der Waals surface area contributed by atoms with Gasteiger partial charge in [0, 0.05) is 18.2 Å². The highest BCUT2D eigenvalue weighted by molar-refractivity contribution is 7.87. The first-order valence-electron chi connectivity index (χ1n) is 6.20. The van der Waals surface area contributed by atoms with Crippen LogP contribution < -0.4 is 9.08 Å². The maximum Gasteiger partial charge on any atom is 0.534 e. The molecule has 21 heavy (non-hydrogen) atoms. The predicted molar refractivity (Wildman–Crippen MR) is 70.6 cm³/mol. The van der Waals surface area contributed by atoms with Crippen molar-refractivity contribution in [2.45, 2.75) is 38.2 Å². The largest absolute Gasteiger partial charge is 0.534 e. The van der Waals surface area contributed by atoms with Gasteiger partial charge < -0.3 is 9.08 Å². The van der Waals surface area contributed by atoms with E-state index in [4.69, 9.17) is 0 Å². The van der Waals surface area contributed by atoms with E-state index in [0.717, 1.165) is 11.6 Å². The number of hydrogen-bond donors (Lipinski definition) is 0. The summed E-state index contributed by atoms with van der Waals surface area (Å²) in [5, 5.41) is 0. The van der Waals surface area contributed by atoms with Gasteiger partial charge in [0.2, 0.25) is 5.88 Å². The van der Waals surface area contributed by atoms with Crippen molar-refractivity contribution >= 4 is 15.9 Å². The summed E-state index contributed by atoms with van der Waals surface area (Å²) in [6.07, 6.45) is 0.700. The second-order valence-corrected chi connectivity index (χ2v) is 7.23. The van der Waals surface area contributed by atoms with Crippen molar-refractivity contribution < 1.29 is 25.8 Å². The van der Waals surface area contributed by atoms with Crippen molar-refractivity contribution in [3.05, 3.63) is 17.7 Å². The van der Waals surface area contributed by atoms with Crippen molar-refractivity contribution in [2.75, 3.05) is 11.4 Å². The zero-order chi connectivity index (χ0) is 16.1. The van der Waals surface area contributed by atoms with Crippen molar-refractivity contribution in [2.24, 2.45) is 0 Å². The number of fused-ring (bicyclic) bond motifs is 1. The summed E-state index contributed by atoms with van der Waals surface area (Å²) in [6.45, 7) is 6.47. The monoisotopic (exact) mass is 324 g/mol. The molecule has 1 aliphatic heterocycles. The van der Waals surface area contributed by atoms with Gasteiger partial charge in [-0.1, -0.05) is 0 Å². The summed E-state index contributed by atoms with van der Waals surface area (Å²) in [4.78, 5) is 5.82. The second kappa shape index (κ2) is 4.75. The minimum atomic E-state index is -5.70. The quantitative estimate of drug-likeness (QED) is 0.618. The smallest absolute Gasteiger partial charge is 0.355 e. The number of alkyl halides is 3. The van der Waals surface area contributed by atoms with E-state index in [2.05, 4.69) is 9.17 Å². The maximum atomic E-state index is 12.3. The Morgan fingerprint density at radius 3 is 2.38 bits per heavy atom. The molecule has 1 aromatic rings. The molecule has 0 atom stereocenters. The first-order chi connectivity index (χ1) is 9.42. The average molecular weight is 324 g/mol. The lowest BCUT2D eigenvalue weighted by Gasteiger charge is -2.33. The van der Waals surface area contributed by atoms with Crippen LogP contribution in [0.3, 0.4) is 0 Å². The summed E-state index contributed by atoms with van der Waals surface area (Å²) in [5.41, 5.74) is -4.90. The van der Waals surface area contributed by atoms with Gasteiger partial charge in [-0.25, -0.2) is 0 Å². The third-order valence-electron chi connectivity index (χ3n) is 3.08. The molecule has 0 saturated carbocycles. The molecule has 0 unspecified atom stereocenters. The molecule has 0 spiro atoms. The Labute approximate surface area is 120 Å². The van der Waals surface area contributed by atoms with Crippen LogP contribution >= 0.6 is 0 Å². The van der Waals surface area contributed by atoms with Gasteiger partial charge >= 0.3 is 15.6 Å². The summed E-state index contributed by atoms with van der Waals surface area (Å²) in [6, 6.07) is 2.67. The molecular weight excluding hydrogens is 309 g/mol. The van der Waals surface area contributed by atoms with Gasteiger partial charge in [-0.15, -0.1) is 0 Å². The number of aromatic nitrogens is 1.